The summed E-state index contributed by atoms with van der Waals surface area (Å²) < 4.78 is 54.3. The van der Waals surface area contributed by atoms with Crippen molar-refractivity contribution in [3.05, 3.63) is 53.4 Å². The van der Waals surface area contributed by atoms with Crippen LogP contribution in [-0.4, -0.2) is 25.6 Å². The molecule has 0 atom stereocenters. The number of pyridine rings is 1. The minimum atomic E-state index is -1.65. The third kappa shape index (κ3) is 3.55. The molecular formula is C16H17F4N3. The molecule has 3 nitrogen and oxygen atoms in total. The quantitative estimate of drug-likeness (QED) is 0.616. The third-order valence-corrected chi connectivity index (χ3v) is 3.50. The van der Waals surface area contributed by atoms with Crippen molar-refractivity contribution in [1.29, 1.82) is 0 Å². The highest BCUT2D eigenvalue weighted by atomic mass is 19.2. The predicted molar refractivity (Wildman–Crippen MR) is 81.6 cm³/mol. The second-order valence-corrected chi connectivity index (χ2v) is 5.25. The fourth-order valence-corrected chi connectivity index (χ4v) is 2.22. The SMILES string of the molecule is CCN(Cc1ccc(N(C)C)cc1)c1c(F)c(F)nc(F)c1F. The van der Waals surface area contributed by atoms with Crippen molar-refractivity contribution in [3.8, 4) is 0 Å². The molecule has 0 saturated carbocycles. The topological polar surface area (TPSA) is 19.4 Å². The molecule has 124 valence electrons. The van der Waals surface area contributed by atoms with E-state index < -0.39 is 29.2 Å². The lowest BCUT2D eigenvalue weighted by molar-refractivity contribution is 0.405. The molecule has 2 aromatic rings. The normalized spacial score (nSPS) is 10.7. The Morgan fingerprint density at radius 2 is 1.43 bits per heavy atom. The molecule has 0 fully saturated rings. The first-order chi connectivity index (χ1) is 10.8. The lowest BCUT2D eigenvalue weighted by Gasteiger charge is -2.24. The van der Waals surface area contributed by atoms with Gasteiger partial charge in [-0.3, -0.25) is 0 Å². The summed E-state index contributed by atoms with van der Waals surface area (Å²) in [6.45, 7) is 1.93. The zero-order valence-electron chi connectivity index (χ0n) is 13.1. The van der Waals surface area contributed by atoms with E-state index in [4.69, 9.17) is 0 Å². The summed E-state index contributed by atoms with van der Waals surface area (Å²) in [6.07, 6.45) is 0. The Bertz CT molecular complexity index is 660. The summed E-state index contributed by atoms with van der Waals surface area (Å²) in [5.41, 5.74) is 0.984. The first-order valence-electron chi connectivity index (χ1n) is 7.06. The molecule has 0 aliphatic heterocycles. The first kappa shape index (κ1) is 17.1. The van der Waals surface area contributed by atoms with Gasteiger partial charge in [0.2, 0.25) is 11.6 Å². The van der Waals surface area contributed by atoms with Crippen molar-refractivity contribution in [3.63, 3.8) is 0 Å². The highest BCUT2D eigenvalue weighted by Crippen LogP contribution is 2.27. The summed E-state index contributed by atoms with van der Waals surface area (Å²) in [4.78, 5) is 5.71. The van der Waals surface area contributed by atoms with Crippen molar-refractivity contribution in [2.45, 2.75) is 13.5 Å². The van der Waals surface area contributed by atoms with E-state index in [1.807, 2.05) is 31.1 Å². The Kier molecular flexibility index (Phi) is 5.08. The summed E-state index contributed by atoms with van der Waals surface area (Å²) in [5, 5.41) is 0. The highest BCUT2D eigenvalue weighted by molar-refractivity contribution is 5.50. The number of benzene rings is 1. The molecule has 1 aromatic carbocycles. The van der Waals surface area contributed by atoms with E-state index in [2.05, 4.69) is 4.98 Å². The van der Waals surface area contributed by atoms with E-state index >= 15 is 0 Å². The van der Waals surface area contributed by atoms with Crippen molar-refractivity contribution < 1.29 is 17.6 Å². The van der Waals surface area contributed by atoms with Crippen LogP contribution in [0.5, 0.6) is 0 Å². The second-order valence-electron chi connectivity index (χ2n) is 5.25. The van der Waals surface area contributed by atoms with E-state index in [1.54, 1.807) is 19.1 Å². The average Bonchev–Trinajstić information content (AvgIpc) is 2.52. The van der Waals surface area contributed by atoms with Crippen LogP contribution in [-0.2, 0) is 6.54 Å². The average molecular weight is 327 g/mol. The minimum absolute atomic E-state index is 0.112. The molecule has 0 bridgehead atoms. The van der Waals surface area contributed by atoms with Gasteiger partial charge in [-0.15, -0.1) is 0 Å². The minimum Gasteiger partial charge on any atom is -0.378 e. The van der Waals surface area contributed by atoms with Gasteiger partial charge in [-0.1, -0.05) is 12.1 Å². The number of aromatic nitrogens is 1. The molecule has 7 heteroatoms. The first-order valence-corrected chi connectivity index (χ1v) is 7.06. The van der Waals surface area contributed by atoms with E-state index in [0.717, 1.165) is 11.3 Å². The van der Waals surface area contributed by atoms with Gasteiger partial charge in [0.25, 0.3) is 11.9 Å². The lowest BCUT2D eigenvalue weighted by Crippen LogP contribution is -2.26. The zero-order chi connectivity index (χ0) is 17.1. The Labute approximate surface area is 132 Å². The number of hydrogen-bond donors (Lipinski definition) is 0. The van der Waals surface area contributed by atoms with Crippen molar-refractivity contribution in [2.24, 2.45) is 0 Å². The number of anilines is 2. The molecule has 1 heterocycles. The molecule has 0 aliphatic carbocycles. The molecule has 0 amide bonds. The van der Waals surface area contributed by atoms with Crippen LogP contribution >= 0.6 is 0 Å². The standard InChI is InChI=1S/C16H17F4N3/c1-4-23(9-10-5-7-11(8-6-10)22(2)3)14-12(17)15(19)21-16(20)13(14)18/h5-8H,4,9H2,1-3H3. The Morgan fingerprint density at radius 3 is 1.87 bits per heavy atom. The Hall–Kier alpha value is -2.31. The van der Waals surface area contributed by atoms with Crippen LogP contribution in [0.25, 0.3) is 0 Å². The molecule has 0 unspecified atom stereocenters. The number of halogens is 4. The molecule has 0 saturated heterocycles. The van der Waals surface area contributed by atoms with Crippen LogP contribution in [0.3, 0.4) is 0 Å². The molecule has 2 rings (SSSR count). The predicted octanol–water partition coefficient (Wildman–Crippen LogP) is 3.73. The largest absolute Gasteiger partial charge is 0.378 e. The van der Waals surface area contributed by atoms with Gasteiger partial charge in [-0.25, -0.2) is 0 Å². The van der Waals surface area contributed by atoms with Crippen LogP contribution in [0.2, 0.25) is 0 Å². The van der Waals surface area contributed by atoms with Gasteiger partial charge in [-0.05, 0) is 24.6 Å². The number of hydrogen-bond acceptors (Lipinski definition) is 3. The van der Waals surface area contributed by atoms with Gasteiger partial charge < -0.3 is 9.80 Å². The maximum atomic E-state index is 13.9. The molecule has 0 spiro atoms. The van der Waals surface area contributed by atoms with Gasteiger partial charge in [0.15, 0.2) is 0 Å². The Balaban J connectivity index is 2.34. The fraction of sp³-hybridized carbons (Fsp3) is 0.312. The van der Waals surface area contributed by atoms with Crippen LogP contribution < -0.4 is 9.80 Å². The summed E-state index contributed by atoms with van der Waals surface area (Å²) in [5.74, 6) is -6.29. The van der Waals surface area contributed by atoms with E-state index in [-0.39, 0.29) is 13.1 Å². The van der Waals surface area contributed by atoms with Crippen LogP contribution in [0.1, 0.15) is 12.5 Å². The van der Waals surface area contributed by atoms with Crippen molar-refractivity contribution in [2.75, 3.05) is 30.4 Å². The van der Waals surface area contributed by atoms with E-state index in [0.29, 0.717) is 0 Å². The summed E-state index contributed by atoms with van der Waals surface area (Å²) in [7, 11) is 3.78. The summed E-state index contributed by atoms with van der Waals surface area (Å²) in [6, 6.07) is 7.29. The molecule has 23 heavy (non-hydrogen) atoms. The van der Waals surface area contributed by atoms with Gasteiger partial charge in [-0.2, -0.15) is 22.5 Å². The maximum absolute atomic E-state index is 13.9. The van der Waals surface area contributed by atoms with Crippen LogP contribution in [0, 0.1) is 23.5 Å². The Morgan fingerprint density at radius 1 is 0.913 bits per heavy atom. The van der Waals surface area contributed by atoms with Crippen LogP contribution in [0.4, 0.5) is 28.9 Å². The van der Waals surface area contributed by atoms with E-state index in [1.165, 1.54) is 4.90 Å². The maximum Gasteiger partial charge on any atom is 0.253 e. The molecule has 0 aliphatic rings. The molecular weight excluding hydrogens is 310 g/mol. The fourth-order valence-electron chi connectivity index (χ4n) is 2.22. The second kappa shape index (κ2) is 6.85. The number of nitrogens with zero attached hydrogens (tertiary/aromatic N) is 3. The van der Waals surface area contributed by atoms with Gasteiger partial charge >= 0.3 is 0 Å². The smallest absolute Gasteiger partial charge is 0.253 e. The third-order valence-electron chi connectivity index (χ3n) is 3.50. The van der Waals surface area contributed by atoms with Crippen molar-refractivity contribution in [1.82, 2.24) is 4.98 Å². The molecule has 1 aromatic heterocycles. The van der Waals surface area contributed by atoms with Crippen molar-refractivity contribution >= 4 is 11.4 Å². The summed E-state index contributed by atoms with van der Waals surface area (Å²) >= 11 is 0. The van der Waals surface area contributed by atoms with Crippen LogP contribution in [0.15, 0.2) is 24.3 Å². The van der Waals surface area contributed by atoms with Gasteiger partial charge in [0, 0.05) is 32.9 Å². The number of rotatable bonds is 5. The molecule has 0 N–H and O–H groups in total. The highest BCUT2D eigenvalue weighted by Gasteiger charge is 2.24. The van der Waals surface area contributed by atoms with Gasteiger partial charge in [0.1, 0.15) is 5.69 Å². The monoisotopic (exact) mass is 327 g/mol. The lowest BCUT2D eigenvalue weighted by atomic mass is 10.1. The molecule has 0 radical (unpaired) electrons. The zero-order valence-corrected chi connectivity index (χ0v) is 13.1. The van der Waals surface area contributed by atoms with E-state index in [9.17, 15) is 17.6 Å². The van der Waals surface area contributed by atoms with Gasteiger partial charge in [0.05, 0.1) is 0 Å².